The highest BCUT2D eigenvalue weighted by Crippen LogP contribution is 2.29. The molecule has 0 aromatic heterocycles. The summed E-state index contributed by atoms with van der Waals surface area (Å²) in [5.41, 5.74) is 1.01. The second-order valence-electron chi connectivity index (χ2n) is 4.27. The Balaban J connectivity index is 2.13. The van der Waals surface area contributed by atoms with Crippen molar-refractivity contribution in [1.29, 1.82) is 0 Å². The van der Waals surface area contributed by atoms with Crippen molar-refractivity contribution in [3.8, 4) is 0 Å². The third-order valence-electron chi connectivity index (χ3n) is 3.03. The van der Waals surface area contributed by atoms with Gasteiger partial charge in [0.1, 0.15) is 0 Å². The Hall–Kier alpha value is -0.870. The summed E-state index contributed by atoms with van der Waals surface area (Å²) >= 11 is 3.39. The van der Waals surface area contributed by atoms with Gasteiger partial charge in [0.15, 0.2) is 0 Å². The molecule has 1 aromatic carbocycles. The minimum atomic E-state index is -0.179. The normalized spacial score (nSPS) is 17.3. The quantitative estimate of drug-likeness (QED) is 0.802. The van der Waals surface area contributed by atoms with E-state index in [2.05, 4.69) is 15.9 Å². The van der Waals surface area contributed by atoms with Crippen LogP contribution in [0.5, 0.6) is 0 Å². The van der Waals surface area contributed by atoms with Crippen LogP contribution in [-0.4, -0.2) is 26.3 Å². The largest absolute Gasteiger partial charge is 0.469 e. The van der Waals surface area contributed by atoms with E-state index in [1.54, 1.807) is 0 Å². The number of carbonyl (C=O) groups is 1. The summed E-state index contributed by atoms with van der Waals surface area (Å²) in [6.07, 6.45) is 0.800. The van der Waals surface area contributed by atoms with Crippen LogP contribution in [0.4, 0.5) is 0 Å². The molecule has 1 atom stereocenters. The van der Waals surface area contributed by atoms with E-state index < -0.39 is 0 Å². The Morgan fingerprint density at radius 1 is 1.47 bits per heavy atom. The molecule has 1 aromatic rings. The fourth-order valence-electron chi connectivity index (χ4n) is 1.96. The maximum atomic E-state index is 11.8. The molecule has 1 unspecified atom stereocenters. The van der Waals surface area contributed by atoms with Crippen LogP contribution in [0.3, 0.4) is 0 Å². The van der Waals surface area contributed by atoms with Gasteiger partial charge >= 0.3 is 5.97 Å². The van der Waals surface area contributed by atoms with E-state index in [1.165, 1.54) is 7.11 Å². The molecule has 1 aliphatic heterocycles. The lowest BCUT2D eigenvalue weighted by molar-refractivity contribution is -0.144. The molecule has 1 fully saturated rings. The molecule has 4 heteroatoms. The van der Waals surface area contributed by atoms with Crippen LogP contribution in [-0.2, 0) is 14.3 Å². The van der Waals surface area contributed by atoms with Gasteiger partial charge in [0.05, 0.1) is 26.2 Å². The molecule has 0 saturated carbocycles. The number of carbonyl (C=O) groups excluding carboxylic acids is 1. The zero-order valence-corrected chi connectivity index (χ0v) is 11.3. The number of benzene rings is 1. The third-order valence-corrected chi connectivity index (χ3v) is 3.56. The van der Waals surface area contributed by atoms with E-state index in [4.69, 9.17) is 9.47 Å². The van der Waals surface area contributed by atoms with Crippen LogP contribution in [0, 0.1) is 5.92 Å². The second-order valence-corrected chi connectivity index (χ2v) is 5.18. The van der Waals surface area contributed by atoms with Gasteiger partial charge in [0.2, 0.25) is 0 Å². The Bertz CT molecular complexity index is 384. The fourth-order valence-corrected chi connectivity index (χ4v) is 2.22. The first-order valence-electron chi connectivity index (χ1n) is 5.61. The Morgan fingerprint density at radius 2 is 2.12 bits per heavy atom. The number of esters is 1. The van der Waals surface area contributed by atoms with Crippen molar-refractivity contribution >= 4 is 21.9 Å². The lowest BCUT2D eigenvalue weighted by Gasteiger charge is -2.29. The lowest BCUT2D eigenvalue weighted by Crippen LogP contribution is -2.31. The average molecular weight is 299 g/mol. The summed E-state index contributed by atoms with van der Waals surface area (Å²) in [4.78, 5) is 11.8. The predicted molar refractivity (Wildman–Crippen MR) is 67.8 cm³/mol. The summed E-state index contributed by atoms with van der Waals surface area (Å²) < 4.78 is 11.0. The van der Waals surface area contributed by atoms with Crippen molar-refractivity contribution in [2.75, 3.05) is 20.3 Å². The van der Waals surface area contributed by atoms with E-state index >= 15 is 0 Å². The van der Waals surface area contributed by atoms with Gasteiger partial charge in [-0.05, 0) is 24.1 Å². The van der Waals surface area contributed by atoms with Crippen molar-refractivity contribution < 1.29 is 14.3 Å². The third kappa shape index (κ3) is 3.07. The molecular weight excluding hydrogens is 284 g/mol. The van der Waals surface area contributed by atoms with E-state index in [0.29, 0.717) is 5.92 Å². The summed E-state index contributed by atoms with van der Waals surface area (Å²) in [6.45, 7) is 1.51. The minimum Gasteiger partial charge on any atom is -0.469 e. The average Bonchev–Trinajstić information content (AvgIpc) is 2.29. The zero-order chi connectivity index (χ0) is 12.3. The fraction of sp³-hybridized carbons (Fsp3) is 0.462. The predicted octanol–water partition coefficient (Wildman–Crippen LogP) is 2.74. The summed E-state index contributed by atoms with van der Waals surface area (Å²) in [7, 11) is 1.44. The minimum absolute atomic E-state index is 0.167. The van der Waals surface area contributed by atoms with Gasteiger partial charge in [-0.1, -0.05) is 28.1 Å². The molecule has 0 aliphatic carbocycles. The van der Waals surface area contributed by atoms with Gasteiger partial charge in [0.25, 0.3) is 0 Å². The number of hydrogen-bond donors (Lipinski definition) is 0. The second kappa shape index (κ2) is 5.65. The van der Waals surface area contributed by atoms with Crippen molar-refractivity contribution in [1.82, 2.24) is 0 Å². The molecule has 1 heterocycles. The first-order chi connectivity index (χ1) is 8.20. The van der Waals surface area contributed by atoms with Crippen LogP contribution in [0.15, 0.2) is 28.7 Å². The van der Waals surface area contributed by atoms with E-state index in [9.17, 15) is 4.79 Å². The molecule has 3 nitrogen and oxygen atoms in total. The molecule has 1 saturated heterocycles. The Morgan fingerprint density at radius 3 is 2.59 bits per heavy atom. The van der Waals surface area contributed by atoms with Crippen molar-refractivity contribution in [2.45, 2.75) is 12.3 Å². The highest BCUT2D eigenvalue weighted by atomic mass is 79.9. The first-order valence-corrected chi connectivity index (χ1v) is 6.41. The Labute approximate surface area is 109 Å². The van der Waals surface area contributed by atoms with Gasteiger partial charge in [-0.15, -0.1) is 0 Å². The van der Waals surface area contributed by atoms with Gasteiger partial charge < -0.3 is 9.47 Å². The molecule has 2 rings (SSSR count). The van der Waals surface area contributed by atoms with E-state index in [-0.39, 0.29) is 11.9 Å². The Kier molecular flexibility index (Phi) is 4.18. The summed E-state index contributed by atoms with van der Waals surface area (Å²) in [5, 5.41) is 0. The molecule has 0 radical (unpaired) electrons. The number of ether oxygens (including phenoxy) is 2. The molecule has 0 amide bonds. The number of hydrogen-bond acceptors (Lipinski definition) is 3. The van der Waals surface area contributed by atoms with Gasteiger partial charge in [-0.3, -0.25) is 4.79 Å². The number of rotatable bonds is 4. The van der Waals surface area contributed by atoms with Gasteiger partial charge in [-0.2, -0.15) is 0 Å². The molecule has 1 aliphatic rings. The highest BCUT2D eigenvalue weighted by molar-refractivity contribution is 9.10. The first kappa shape index (κ1) is 12.6. The van der Waals surface area contributed by atoms with Crippen LogP contribution < -0.4 is 0 Å². The molecule has 0 spiro atoms. The standard InChI is InChI=1S/C13H15BrO3/c1-16-13(15)12(6-9-7-17-8-9)10-2-4-11(14)5-3-10/h2-5,9,12H,6-8H2,1H3. The topological polar surface area (TPSA) is 35.5 Å². The smallest absolute Gasteiger partial charge is 0.313 e. The zero-order valence-electron chi connectivity index (χ0n) is 9.69. The highest BCUT2D eigenvalue weighted by Gasteiger charge is 2.29. The van der Waals surface area contributed by atoms with Crippen molar-refractivity contribution in [3.05, 3.63) is 34.3 Å². The number of halogens is 1. The molecular formula is C13H15BrO3. The van der Waals surface area contributed by atoms with Gasteiger partial charge in [0, 0.05) is 10.4 Å². The van der Waals surface area contributed by atoms with Crippen LogP contribution in [0.2, 0.25) is 0 Å². The van der Waals surface area contributed by atoms with Gasteiger partial charge in [-0.25, -0.2) is 0 Å². The van der Waals surface area contributed by atoms with E-state index in [1.807, 2.05) is 24.3 Å². The van der Waals surface area contributed by atoms with E-state index in [0.717, 1.165) is 29.7 Å². The maximum absolute atomic E-state index is 11.8. The van der Waals surface area contributed by atoms with Crippen molar-refractivity contribution in [3.63, 3.8) is 0 Å². The van der Waals surface area contributed by atoms with Crippen LogP contribution in [0.1, 0.15) is 17.9 Å². The molecule has 0 N–H and O–H groups in total. The summed E-state index contributed by atoms with van der Waals surface area (Å²) in [6, 6.07) is 7.82. The lowest BCUT2D eigenvalue weighted by atomic mass is 9.88. The molecule has 0 bridgehead atoms. The van der Waals surface area contributed by atoms with Crippen LogP contribution >= 0.6 is 15.9 Å². The SMILES string of the molecule is COC(=O)C(CC1COC1)c1ccc(Br)cc1. The molecule has 17 heavy (non-hydrogen) atoms. The monoisotopic (exact) mass is 298 g/mol. The van der Waals surface area contributed by atoms with Crippen LogP contribution in [0.25, 0.3) is 0 Å². The van der Waals surface area contributed by atoms with Crippen molar-refractivity contribution in [2.24, 2.45) is 5.92 Å². The summed E-state index contributed by atoms with van der Waals surface area (Å²) in [5.74, 6) is 0.129. The number of methoxy groups -OCH3 is 1. The molecule has 92 valence electrons. The maximum Gasteiger partial charge on any atom is 0.313 e.